The largest absolute Gasteiger partial charge is 0.768 e. The van der Waals surface area contributed by atoms with Crippen LogP contribution in [0.25, 0.3) is 11.3 Å². The summed E-state index contributed by atoms with van der Waals surface area (Å²) in [6, 6.07) is 5.32. The lowest BCUT2D eigenvalue weighted by atomic mass is 10.1. The molecule has 1 aromatic heterocycles. The number of carbonyl (C=O) groups is 1. The van der Waals surface area contributed by atoms with Crippen molar-refractivity contribution in [3.63, 3.8) is 0 Å². The first-order chi connectivity index (χ1) is 9.90. The minimum Gasteiger partial charge on any atom is -0.768 e. The minimum atomic E-state index is -2.28. The molecular weight excluding hydrogens is 294 g/mol. The first-order valence-electron chi connectivity index (χ1n) is 6.24. The van der Waals surface area contributed by atoms with E-state index in [-0.39, 0.29) is 10.8 Å². The van der Waals surface area contributed by atoms with Gasteiger partial charge in [-0.3, -0.25) is 4.21 Å². The number of carboxylic acids is 1. The molecule has 0 aliphatic heterocycles. The second kappa shape index (κ2) is 6.15. The van der Waals surface area contributed by atoms with E-state index in [0.717, 1.165) is 0 Å². The van der Waals surface area contributed by atoms with E-state index in [1.807, 2.05) is 0 Å². The van der Waals surface area contributed by atoms with E-state index in [9.17, 15) is 18.7 Å². The predicted octanol–water partition coefficient (Wildman–Crippen LogP) is 1.46. The number of hydrogen-bond donors (Lipinski definition) is 1. The van der Waals surface area contributed by atoms with Gasteiger partial charge in [-0.2, -0.15) is 0 Å². The zero-order valence-corrected chi connectivity index (χ0v) is 12.3. The third kappa shape index (κ3) is 3.34. The van der Waals surface area contributed by atoms with Gasteiger partial charge in [0.25, 0.3) is 0 Å². The summed E-state index contributed by atoms with van der Waals surface area (Å²) in [5, 5.41) is 17.0. The molecule has 21 heavy (non-hydrogen) atoms. The molecule has 1 N–H and O–H groups in total. The highest BCUT2D eigenvalue weighted by atomic mass is 32.2. The van der Waals surface area contributed by atoms with Crippen LogP contribution in [0.15, 0.2) is 35.4 Å². The first kappa shape index (κ1) is 15.3. The van der Waals surface area contributed by atoms with Crippen molar-refractivity contribution in [2.75, 3.05) is 0 Å². The second-order valence-electron chi connectivity index (χ2n) is 4.87. The minimum absolute atomic E-state index is 0.137. The second-order valence-corrected chi connectivity index (χ2v) is 5.81. The number of carboxylic acid groups (broad SMARTS) is 1. The van der Waals surface area contributed by atoms with Crippen LogP contribution in [0.1, 0.15) is 19.9 Å². The maximum absolute atomic E-state index is 11.2. The molecule has 0 saturated carbocycles. The average molecular weight is 308 g/mol. The zero-order valence-electron chi connectivity index (χ0n) is 11.5. The number of nitrogens with zero attached hydrogens (tertiary/aromatic N) is 3. The van der Waals surface area contributed by atoms with Gasteiger partial charge in [0.15, 0.2) is 6.04 Å². The Hall–Kier alpha value is -2.06. The molecule has 0 bridgehead atoms. The van der Waals surface area contributed by atoms with Crippen molar-refractivity contribution >= 4 is 17.0 Å². The Morgan fingerprint density at radius 3 is 2.43 bits per heavy atom. The molecule has 2 aromatic rings. The maximum atomic E-state index is 11.2. The lowest BCUT2D eigenvalue weighted by Gasteiger charge is -2.15. The molecule has 2 atom stereocenters. The molecular formula is C13H14N3O4S-. The number of aromatic nitrogens is 3. The van der Waals surface area contributed by atoms with Gasteiger partial charge in [0.05, 0.1) is 6.20 Å². The lowest BCUT2D eigenvalue weighted by Crippen LogP contribution is -2.24. The van der Waals surface area contributed by atoms with E-state index >= 15 is 0 Å². The summed E-state index contributed by atoms with van der Waals surface area (Å²) in [6.45, 7) is 3.58. The van der Waals surface area contributed by atoms with Gasteiger partial charge in [0, 0.05) is 10.5 Å². The van der Waals surface area contributed by atoms with Crippen molar-refractivity contribution in [2.24, 2.45) is 5.92 Å². The van der Waals surface area contributed by atoms with Gasteiger partial charge in [0.1, 0.15) is 5.69 Å². The fourth-order valence-corrected chi connectivity index (χ4v) is 2.34. The van der Waals surface area contributed by atoms with Crippen molar-refractivity contribution in [3.05, 3.63) is 30.5 Å². The molecule has 112 valence electrons. The van der Waals surface area contributed by atoms with Gasteiger partial charge in [0.2, 0.25) is 0 Å². The van der Waals surface area contributed by atoms with Crippen LogP contribution < -0.4 is 0 Å². The standard InChI is InChI=1S/C13H15N3O4S/c1-8(2)12(13(17)18)16-7-11(14-15-16)9-3-5-10(6-4-9)21(19)20/h3-8,12H,1-2H3,(H,17,18)(H,19,20)/p-1/t12-/m0/s1. The van der Waals surface area contributed by atoms with Crippen molar-refractivity contribution < 1.29 is 18.7 Å². The van der Waals surface area contributed by atoms with Crippen molar-refractivity contribution in [1.82, 2.24) is 15.0 Å². The van der Waals surface area contributed by atoms with Crippen molar-refractivity contribution in [2.45, 2.75) is 24.8 Å². The van der Waals surface area contributed by atoms with Gasteiger partial charge >= 0.3 is 5.97 Å². The highest BCUT2D eigenvalue weighted by molar-refractivity contribution is 7.79. The van der Waals surface area contributed by atoms with Crippen LogP contribution in [0.4, 0.5) is 0 Å². The van der Waals surface area contributed by atoms with Gasteiger partial charge in [-0.05, 0) is 29.1 Å². The topological polar surface area (TPSA) is 108 Å². The molecule has 1 heterocycles. The summed E-state index contributed by atoms with van der Waals surface area (Å²) < 4.78 is 22.9. The number of benzene rings is 1. The van der Waals surface area contributed by atoms with E-state index in [1.165, 1.54) is 16.8 Å². The van der Waals surface area contributed by atoms with Crippen LogP contribution in [0.2, 0.25) is 0 Å². The molecule has 0 fully saturated rings. The Morgan fingerprint density at radius 1 is 1.33 bits per heavy atom. The fourth-order valence-electron chi connectivity index (χ4n) is 1.99. The van der Waals surface area contributed by atoms with Crippen LogP contribution in [-0.4, -0.2) is 34.8 Å². The molecule has 7 nitrogen and oxygen atoms in total. The Morgan fingerprint density at radius 2 is 1.95 bits per heavy atom. The number of aliphatic carboxylic acids is 1. The SMILES string of the molecule is CC(C)[C@@H](C(=O)O)n1cc(-c2ccc(S(=O)[O-])cc2)nn1. The van der Waals surface area contributed by atoms with E-state index in [2.05, 4.69) is 10.3 Å². The molecule has 1 aromatic carbocycles. The molecule has 1 unspecified atom stereocenters. The zero-order chi connectivity index (χ0) is 15.6. The molecule has 2 rings (SSSR count). The van der Waals surface area contributed by atoms with E-state index in [1.54, 1.807) is 32.2 Å². The van der Waals surface area contributed by atoms with Gasteiger partial charge in [-0.1, -0.05) is 31.2 Å². The molecule has 0 aliphatic carbocycles. The smallest absolute Gasteiger partial charge is 0.328 e. The van der Waals surface area contributed by atoms with Gasteiger partial charge in [-0.25, -0.2) is 9.48 Å². The predicted molar refractivity (Wildman–Crippen MR) is 74.2 cm³/mol. The molecule has 8 heteroatoms. The van der Waals surface area contributed by atoms with Gasteiger partial charge < -0.3 is 9.66 Å². The summed E-state index contributed by atoms with van der Waals surface area (Å²) >= 11 is -2.28. The summed E-state index contributed by atoms with van der Waals surface area (Å²) in [6.07, 6.45) is 1.54. The normalized spacial score (nSPS) is 14.1. The van der Waals surface area contributed by atoms with Crippen LogP contribution in [0, 0.1) is 5.92 Å². The number of hydrogen-bond acceptors (Lipinski definition) is 5. The number of rotatable bonds is 5. The summed E-state index contributed by atoms with van der Waals surface area (Å²) in [7, 11) is 0. The van der Waals surface area contributed by atoms with E-state index < -0.39 is 23.1 Å². The lowest BCUT2D eigenvalue weighted by molar-refractivity contribution is -0.142. The fraction of sp³-hybridized carbons (Fsp3) is 0.308. The van der Waals surface area contributed by atoms with E-state index in [4.69, 9.17) is 0 Å². The molecule has 0 radical (unpaired) electrons. The van der Waals surface area contributed by atoms with Crippen molar-refractivity contribution in [3.8, 4) is 11.3 Å². The molecule has 0 aliphatic rings. The van der Waals surface area contributed by atoms with Gasteiger partial charge in [-0.15, -0.1) is 5.10 Å². The molecule has 0 saturated heterocycles. The Bertz CT molecular complexity index is 666. The summed E-state index contributed by atoms with van der Waals surface area (Å²) in [5.41, 5.74) is 1.16. The summed E-state index contributed by atoms with van der Waals surface area (Å²) in [5.74, 6) is -1.11. The maximum Gasteiger partial charge on any atom is 0.328 e. The third-order valence-corrected chi connectivity index (χ3v) is 3.68. The molecule has 0 amide bonds. The van der Waals surface area contributed by atoms with Crippen molar-refractivity contribution in [1.29, 1.82) is 0 Å². The van der Waals surface area contributed by atoms with Crippen LogP contribution in [0.3, 0.4) is 0 Å². The van der Waals surface area contributed by atoms with Crippen LogP contribution >= 0.6 is 0 Å². The Balaban J connectivity index is 2.31. The summed E-state index contributed by atoms with van der Waals surface area (Å²) in [4.78, 5) is 11.4. The third-order valence-electron chi connectivity index (χ3n) is 3.02. The Labute approximate surface area is 123 Å². The molecule has 0 spiro atoms. The highest BCUT2D eigenvalue weighted by Crippen LogP contribution is 2.22. The van der Waals surface area contributed by atoms with E-state index in [0.29, 0.717) is 11.3 Å². The average Bonchev–Trinajstić information content (AvgIpc) is 2.87. The Kier molecular flexibility index (Phi) is 4.49. The van der Waals surface area contributed by atoms with Crippen LogP contribution in [0.5, 0.6) is 0 Å². The quantitative estimate of drug-likeness (QED) is 0.838. The highest BCUT2D eigenvalue weighted by Gasteiger charge is 2.25. The van der Waals surface area contributed by atoms with Crippen LogP contribution in [-0.2, 0) is 15.9 Å². The monoisotopic (exact) mass is 308 g/mol. The first-order valence-corrected chi connectivity index (χ1v) is 7.32.